The van der Waals surface area contributed by atoms with Crippen LogP contribution >= 0.6 is 0 Å². The Balaban J connectivity index is 1.73. The zero-order chi connectivity index (χ0) is 16.5. The largest absolute Gasteiger partial charge is 0.494 e. The second kappa shape index (κ2) is 9.15. The molecule has 1 aliphatic heterocycles. The molecule has 0 unspecified atom stereocenters. The predicted molar refractivity (Wildman–Crippen MR) is 87.4 cm³/mol. The molecule has 23 heavy (non-hydrogen) atoms. The lowest BCUT2D eigenvalue weighted by Gasteiger charge is -2.21. The number of piperidine rings is 1. The van der Waals surface area contributed by atoms with Gasteiger partial charge < -0.3 is 20.1 Å². The van der Waals surface area contributed by atoms with Crippen molar-refractivity contribution in [2.45, 2.75) is 25.7 Å². The molecule has 0 spiro atoms. The summed E-state index contributed by atoms with van der Waals surface area (Å²) in [6.07, 6.45) is 2.72. The molecule has 1 aromatic carbocycles. The average molecular weight is 320 g/mol. The van der Waals surface area contributed by atoms with E-state index in [9.17, 15) is 9.59 Å². The van der Waals surface area contributed by atoms with Crippen LogP contribution in [-0.2, 0) is 14.3 Å². The number of anilines is 1. The fourth-order valence-electron chi connectivity index (χ4n) is 2.47. The second-order valence-corrected chi connectivity index (χ2v) is 5.57. The van der Waals surface area contributed by atoms with Gasteiger partial charge in [0.05, 0.1) is 13.7 Å². The van der Waals surface area contributed by atoms with Crippen LogP contribution in [-0.4, -0.2) is 38.7 Å². The number of nitrogens with one attached hydrogen (secondary N) is 2. The minimum absolute atomic E-state index is 0.0817. The Morgan fingerprint density at radius 2 is 1.91 bits per heavy atom. The van der Waals surface area contributed by atoms with Gasteiger partial charge in [0.15, 0.2) is 0 Å². The van der Waals surface area contributed by atoms with Gasteiger partial charge in [-0.05, 0) is 56.6 Å². The van der Waals surface area contributed by atoms with Gasteiger partial charge >= 0.3 is 5.97 Å². The highest BCUT2D eigenvalue weighted by Crippen LogP contribution is 2.19. The number of ether oxygens (including phenoxy) is 2. The molecule has 2 rings (SSSR count). The number of carbonyl (C=O) groups is 2. The van der Waals surface area contributed by atoms with Crippen molar-refractivity contribution in [2.75, 3.05) is 32.1 Å². The molecule has 1 aliphatic rings. The van der Waals surface area contributed by atoms with Crippen LogP contribution in [0.3, 0.4) is 0 Å². The molecule has 0 aliphatic carbocycles. The lowest BCUT2D eigenvalue weighted by molar-refractivity contribution is -0.140. The van der Waals surface area contributed by atoms with Gasteiger partial charge in [0.1, 0.15) is 5.75 Å². The van der Waals surface area contributed by atoms with E-state index in [-0.39, 0.29) is 17.8 Å². The first-order valence-corrected chi connectivity index (χ1v) is 8.00. The van der Waals surface area contributed by atoms with Crippen molar-refractivity contribution in [1.29, 1.82) is 0 Å². The molecular weight excluding hydrogens is 296 g/mol. The predicted octanol–water partition coefficient (Wildman–Crippen LogP) is 1.96. The fraction of sp³-hybridized carbons (Fsp3) is 0.529. The maximum atomic E-state index is 12.1. The van der Waals surface area contributed by atoms with Crippen LogP contribution in [0.15, 0.2) is 24.3 Å². The molecule has 1 amide bonds. The van der Waals surface area contributed by atoms with Gasteiger partial charge in [-0.2, -0.15) is 0 Å². The van der Waals surface area contributed by atoms with Crippen molar-refractivity contribution < 1.29 is 19.1 Å². The Bertz CT molecular complexity index is 510. The van der Waals surface area contributed by atoms with Gasteiger partial charge in [0, 0.05) is 18.0 Å². The Kier molecular flexibility index (Phi) is 6.87. The van der Waals surface area contributed by atoms with Crippen molar-refractivity contribution in [3.8, 4) is 5.75 Å². The Morgan fingerprint density at radius 3 is 2.57 bits per heavy atom. The molecule has 1 saturated heterocycles. The minimum Gasteiger partial charge on any atom is -0.494 e. The Labute approximate surface area is 136 Å². The Hall–Kier alpha value is -2.08. The van der Waals surface area contributed by atoms with E-state index in [4.69, 9.17) is 4.74 Å². The van der Waals surface area contributed by atoms with Crippen molar-refractivity contribution >= 4 is 17.6 Å². The van der Waals surface area contributed by atoms with E-state index < -0.39 is 0 Å². The smallest absolute Gasteiger partial charge is 0.305 e. The van der Waals surface area contributed by atoms with Crippen molar-refractivity contribution in [1.82, 2.24) is 5.32 Å². The topological polar surface area (TPSA) is 76.7 Å². The molecule has 0 radical (unpaired) electrons. The number of methoxy groups -OCH3 is 1. The zero-order valence-corrected chi connectivity index (χ0v) is 13.5. The number of hydrogen-bond donors (Lipinski definition) is 2. The van der Waals surface area contributed by atoms with E-state index in [1.54, 1.807) is 0 Å². The molecular formula is C17H24N2O4. The van der Waals surface area contributed by atoms with Crippen LogP contribution in [0.5, 0.6) is 5.75 Å². The number of amides is 1. The van der Waals surface area contributed by atoms with Crippen LogP contribution in [0.2, 0.25) is 0 Å². The molecule has 0 bridgehead atoms. The van der Waals surface area contributed by atoms with Gasteiger partial charge in [0.2, 0.25) is 5.91 Å². The summed E-state index contributed by atoms with van der Waals surface area (Å²) in [6, 6.07) is 7.29. The summed E-state index contributed by atoms with van der Waals surface area (Å²) in [5.41, 5.74) is 0.774. The van der Waals surface area contributed by atoms with Gasteiger partial charge in [-0.1, -0.05) is 0 Å². The number of hydrogen-bond acceptors (Lipinski definition) is 5. The molecule has 1 heterocycles. The summed E-state index contributed by atoms with van der Waals surface area (Å²) in [5, 5.41) is 6.20. The summed E-state index contributed by atoms with van der Waals surface area (Å²) in [7, 11) is 1.38. The average Bonchev–Trinajstić information content (AvgIpc) is 2.60. The van der Waals surface area contributed by atoms with Crippen LogP contribution < -0.4 is 15.4 Å². The molecule has 0 atom stereocenters. The molecule has 6 nitrogen and oxygen atoms in total. The van der Waals surface area contributed by atoms with E-state index in [1.807, 2.05) is 24.3 Å². The Morgan fingerprint density at radius 1 is 1.22 bits per heavy atom. The highest BCUT2D eigenvalue weighted by molar-refractivity contribution is 5.92. The summed E-state index contributed by atoms with van der Waals surface area (Å²) in [5.74, 6) is 0.656. The van der Waals surface area contributed by atoms with Gasteiger partial charge in [0.25, 0.3) is 0 Å². The first-order valence-electron chi connectivity index (χ1n) is 8.00. The molecule has 2 N–H and O–H groups in total. The highest BCUT2D eigenvalue weighted by Gasteiger charge is 2.20. The third-order valence-corrected chi connectivity index (χ3v) is 3.85. The quantitative estimate of drug-likeness (QED) is 0.593. The van der Waals surface area contributed by atoms with Gasteiger partial charge in [-0.25, -0.2) is 0 Å². The fourth-order valence-corrected chi connectivity index (χ4v) is 2.47. The van der Waals surface area contributed by atoms with Gasteiger partial charge in [-0.3, -0.25) is 9.59 Å². The van der Waals surface area contributed by atoms with E-state index in [2.05, 4.69) is 15.4 Å². The normalized spacial score (nSPS) is 15.0. The molecule has 1 aromatic rings. The van der Waals surface area contributed by atoms with Crippen molar-refractivity contribution in [3.05, 3.63) is 24.3 Å². The second-order valence-electron chi connectivity index (χ2n) is 5.57. The van der Waals surface area contributed by atoms with Crippen LogP contribution in [0.4, 0.5) is 5.69 Å². The maximum absolute atomic E-state index is 12.1. The minimum atomic E-state index is -0.232. The standard InChI is InChI=1S/C17H24N2O4/c1-22-16(20)3-2-12-23-15-6-4-14(5-7-15)19-17(21)13-8-10-18-11-9-13/h4-7,13,18H,2-3,8-12H2,1H3,(H,19,21). The summed E-state index contributed by atoms with van der Waals surface area (Å²) >= 11 is 0. The van der Waals surface area contributed by atoms with Crippen molar-refractivity contribution in [2.24, 2.45) is 5.92 Å². The lowest BCUT2D eigenvalue weighted by atomic mass is 9.97. The first-order chi connectivity index (χ1) is 11.2. The molecule has 0 aromatic heterocycles. The zero-order valence-electron chi connectivity index (χ0n) is 13.5. The monoisotopic (exact) mass is 320 g/mol. The first kappa shape index (κ1) is 17.3. The summed E-state index contributed by atoms with van der Waals surface area (Å²) in [6.45, 7) is 2.25. The van der Waals surface area contributed by atoms with E-state index in [1.165, 1.54) is 7.11 Å². The van der Waals surface area contributed by atoms with Gasteiger partial charge in [-0.15, -0.1) is 0 Å². The summed E-state index contributed by atoms with van der Waals surface area (Å²) in [4.78, 5) is 23.1. The van der Waals surface area contributed by atoms with E-state index in [0.29, 0.717) is 19.4 Å². The third kappa shape index (κ3) is 5.90. The maximum Gasteiger partial charge on any atom is 0.305 e. The highest BCUT2D eigenvalue weighted by atomic mass is 16.5. The van der Waals surface area contributed by atoms with Crippen LogP contribution in [0.25, 0.3) is 0 Å². The number of rotatable bonds is 7. The number of benzene rings is 1. The number of carbonyl (C=O) groups excluding carboxylic acids is 2. The van der Waals surface area contributed by atoms with E-state index >= 15 is 0 Å². The molecule has 126 valence electrons. The third-order valence-electron chi connectivity index (χ3n) is 3.85. The lowest BCUT2D eigenvalue weighted by Crippen LogP contribution is -2.34. The summed E-state index contributed by atoms with van der Waals surface area (Å²) < 4.78 is 10.1. The van der Waals surface area contributed by atoms with Crippen LogP contribution in [0.1, 0.15) is 25.7 Å². The van der Waals surface area contributed by atoms with Crippen molar-refractivity contribution in [3.63, 3.8) is 0 Å². The molecule has 1 fully saturated rings. The number of esters is 1. The van der Waals surface area contributed by atoms with Crippen LogP contribution in [0, 0.1) is 5.92 Å². The molecule has 0 saturated carbocycles. The van der Waals surface area contributed by atoms with E-state index in [0.717, 1.165) is 37.4 Å². The SMILES string of the molecule is COC(=O)CCCOc1ccc(NC(=O)C2CCNCC2)cc1. The molecule has 6 heteroatoms.